The predicted octanol–water partition coefficient (Wildman–Crippen LogP) is 4.65. The first kappa shape index (κ1) is 20.5. The molecule has 7 heteroatoms. The molecule has 1 aliphatic rings. The zero-order valence-corrected chi connectivity index (χ0v) is 18.6. The molecular formula is C27H24N4O3. The number of H-pyrrole nitrogens is 2. The monoisotopic (exact) mass is 452 g/mol. The Balaban J connectivity index is 1.24. The summed E-state index contributed by atoms with van der Waals surface area (Å²) in [7, 11) is 0. The van der Waals surface area contributed by atoms with E-state index in [1.807, 2.05) is 36.5 Å². The van der Waals surface area contributed by atoms with E-state index in [9.17, 15) is 4.79 Å². The van der Waals surface area contributed by atoms with Crippen LogP contribution in [-0.4, -0.2) is 26.4 Å². The molecule has 2 aromatic carbocycles. The van der Waals surface area contributed by atoms with Crippen LogP contribution in [0.5, 0.6) is 5.75 Å². The van der Waals surface area contributed by atoms with Crippen molar-refractivity contribution in [1.29, 1.82) is 0 Å². The zero-order valence-electron chi connectivity index (χ0n) is 18.6. The number of furan rings is 1. The van der Waals surface area contributed by atoms with Gasteiger partial charge in [-0.3, -0.25) is 9.69 Å². The van der Waals surface area contributed by atoms with Gasteiger partial charge >= 0.3 is 0 Å². The molecule has 3 aromatic heterocycles. The first-order valence-electron chi connectivity index (χ1n) is 11.4. The van der Waals surface area contributed by atoms with Gasteiger partial charge < -0.3 is 19.1 Å². The van der Waals surface area contributed by atoms with Gasteiger partial charge in [-0.1, -0.05) is 36.4 Å². The van der Waals surface area contributed by atoms with Gasteiger partial charge in [-0.05, 0) is 35.4 Å². The van der Waals surface area contributed by atoms with Gasteiger partial charge in [0.25, 0.3) is 5.56 Å². The highest BCUT2D eigenvalue weighted by molar-refractivity contribution is 5.89. The molecule has 6 rings (SSSR count). The molecule has 1 aliphatic heterocycles. The van der Waals surface area contributed by atoms with E-state index in [0.717, 1.165) is 45.6 Å². The Labute approximate surface area is 196 Å². The molecule has 0 saturated heterocycles. The smallest absolute Gasteiger partial charge is 0.256 e. The van der Waals surface area contributed by atoms with Crippen LogP contribution in [0.15, 0.2) is 82.3 Å². The summed E-state index contributed by atoms with van der Waals surface area (Å²) in [5.74, 6) is 1.92. The molecule has 0 fully saturated rings. The molecule has 2 N–H and O–H groups in total. The van der Waals surface area contributed by atoms with Crippen molar-refractivity contribution in [2.75, 3.05) is 6.54 Å². The van der Waals surface area contributed by atoms with Crippen LogP contribution in [0.1, 0.15) is 22.4 Å². The summed E-state index contributed by atoms with van der Waals surface area (Å²) in [6, 6.07) is 19.8. The van der Waals surface area contributed by atoms with E-state index in [2.05, 4.69) is 38.1 Å². The fourth-order valence-corrected chi connectivity index (χ4v) is 4.59. The fraction of sp³-hybridized carbons (Fsp3) is 0.185. The average Bonchev–Trinajstić information content (AvgIpc) is 3.55. The normalized spacial score (nSPS) is 13.8. The minimum Gasteiger partial charge on any atom is -0.488 e. The van der Waals surface area contributed by atoms with Crippen molar-refractivity contribution in [2.24, 2.45) is 0 Å². The number of aromatic nitrogens is 3. The minimum atomic E-state index is -0.105. The molecular weight excluding hydrogens is 428 g/mol. The highest BCUT2D eigenvalue weighted by atomic mass is 16.5. The Kier molecular flexibility index (Phi) is 5.24. The van der Waals surface area contributed by atoms with Gasteiger partial charge in [-0.2, -0.15) is 0 Å². The second-order valence-corrected chi connectivity index (χ2v) is 8.54. The van der Waals surface area contributed by atoms with Gasteiger partial charge in [-0.15, -0.1) is 0 Å². The SMILES string of the molecule is O=c1[nH]c(-c2ccco2)nc2c1CN(Cc1c[nH]c3cccc(OCc4ccccc4)c13)CC2. The lowest BCUT2D eigenvalue weighted by Crippen LogP contribution is -2.35. The summed E-state index contributed by atoms with van der Waals surface area (Å²) in [5.41, 5.74) is 4.79. The van der Waals surface area contributed by atoms with Crippen LogP contribution >= 0.6 is 0 Å². The van der Waals surface area contributed by atoms with E-state index in [4.69, 9.17) is 9.15 Å². The van der Waals surface area contributed by atoms with Crippen molar-refractivity contribution in [3.8, 4) is 17.3 Å². The topological polar surface area (TPSA) is 87.2 Å². The largest absolute Gasteiger partial charge is 0.488 e. The lowest BCUT2D eigenvalue weighted by Gasteiger charge is -2.27. The molecule has 5 aromatic rings. The van der Waals surface area contributed by atoms with E-state index >= 15 is 0 Å². The second-order valence-electron chi connectivity index (χ2n) is 8.54. The van der Waals surface area contributed by atoms with Crippen LogP contribution in [0, 0.1) is 0 Å². The molecule has 170 valence electrons. The number of hydrogen-bond acceptors (Lipinski definition) is 5. The third kappa shape index (κ3) is 3.91. The van der Waals surface area contributed by atoms with Crippen LogP contribution in [-0.2, 0) is 26.1 Å². The summed E-state index contributed by atoms with van der Waals surface area (Å²) in [4.78, 5) is 26.0. The van der Waals surface area contributed by atoms with Gasteiger partial charge in [0.15, 0.2) is 11.6 Å². The van der Waals surface area contributed by atoms with E-state index < -0.39 is 0 Å². The number of rotatable bonds is 6. The molecule has 7 nitrogen and oxygen atoms in total. The Morgan fingerprint density at radius 2 is 1.97 bits per heavy atom. The van der Waals surface area contributed by atoms with Crippen molar-refractivity contribution in [1.82, 2.24) is 19.9 Å². The summed E-state index contributed by atoms with van der Waals surface area (Å²) < 4.78 is 11.6. The van der Waals surface area contributed by atoms with Crippen molar-refractivity contribution in [3.63, 3.8) is 0 Å². The van der Waals surface area contributed by atoms with E-state index in [0.29, 0.717) is 37.7 Å². The van der Waals surface area contributed by atoms with Crippen LogP contribution in [0.2, 0.25) is 0 Å². The van der Waals surface area contributed by atoms with Crippen LogP contribution in [0.3, 0.4) is 0 Å². The van der Waals surface area contributed by atoms with Crippen molar-refractivity contribution in [3.05, 3.63) is 106 Å². The molecule has 0 atom stereocenters. The number of hydrogen-bond donors (Lipinski definition) is 2. The highest BCUT2D eigenvalue weighted by Gasteiger charge is 2.23. The molecule has 0 spiro atoms. The predicted molar refractivity (Wildman–Crippen MR) is 129 cm³/mol. The Morgan fingerprint density at radius 3 is 2.82 bits per heavy atom. The first-order chi connectivity index (χ1) is 16.7. The number of ether oxygens (including phenoxy) is 1. The Morgan fingerprint density at radius 1 is 1.06 bits per heavy atom. The molecule has 0 aliphatic carbocycles. The molecule has 0 bridgehead atoms. The van der Waals surface area contributed by atoms with E-state index in [-0.39, 0.29) is 5.56 Å². The van der Waals surface area contributed by atoms with E-state index in [1.54, 1.807) is 18.4 Å². The average molecular weight is 453 g/mol. The molecule has 4 heterocycles. The van der Waals surface area contributed by atoms with Gasteiger partial charge in [0, 0.05) is 43.2 Å². The number of nitrogens with zero attached hydrogens (tertiary/aromatic N) is 2. The summed E-state index contributed by atoms with van der Waals surface area (Å²) in [6.07, 6.45) is 4.33. The summed E-state index contributed by atoms with van der Waals surface area (Å²) >= 11 is 0. The Hall–Kier alpha value is -4.10. The number of aromatic amines is 2. The number of fused-ring (bicyclic) bond motifs is 2. The quantitative estimate of drug-likeness (QED) is 0.392. The minimum absolute atomic E-state index is 0.105. The molecule has 0 radical (unpaired) electrons. The molecule has 34 heavy (non-hydrogen) atoms. The second kappa shape index (κ2) is 8.68. The number of nitrogens with one attached hydrogen (secondary N) is 2. The maximum atomic E-state index is 12.8. The van der Waals surface area contributed by atoms with Crippen LogP contribution in [0.4, 0.5) is 0 Å². The zero-order chi connectivity index (χ0) is 22.9. The lowest BCUT2D eigenvalue weighted by molar-refractivity contribution is 0.242. The lowest BCUT2D eigenvalue weighted by atomic mass is 10.1. The summed E-state index contributed by atoms with van der Waals surface area (Å²) in [6.45, 7) is 2.60. The maximum absolute atomic E-state index is 12.8. The van der Waals surface area contributed by atoms with Crippen molar-refractivity contribution < 1.29 is 9.15 Å². The van der Waals surface area contributed by atoms with E-state index in [1.165, 1.54) is 0 Å². The highest BCUT2D eigenvalue weighted by Crippen LogP contribution is 2.31. The van der Waals surface area contributed by atoms with Gasteiger partial charge in [0.1, 0.15) is 12.4 Å². The Bertz CT molecular complexity index is 1490. The van der Waals surface area contributed by atoms with Crippen LogP contribution < -0.4 is 10.3 Å². The van der Waals surface area contributed by atoms with Crippen LogP contribution in [0.25, 0.3) is 22.5 Å². The summed E-state index contributed by atoms with van der Waals surface area (Å²) in [5, 5.41) is 1.09. The van der Waals surface area contributed by atoms with Gasteiger partial charge in [0.2, 0.25) is 0 Å². The number of benzene rings is 2. The standard InChI is InChI=1S/C27H24N4O3/c32-27-20-16-31(12-11-21(20)29-26(30-27)24-10-5-13-33-24)15-19-14-28-22-8-4-9-23(25(19)22)34-17-18-6-2-1-3-7-18/h1-10,13-14,28H,11-12,15-17H2,(H,29,30,32). The first-order valence-corrected chi connectivity index (χ1v) is 11.4. The van der Waals surface area contributed by atoms with Crippen molar-refractivity contribution >= 4 is 10.9 Å². The third-order valence-corrected chi connectivity index (χ3v) is 6.28. The van der Waals surface area contributed by atoms with Gasteiger partial charge in [0.05, 0.1) is 17.5 Å². The molecule has 0 amide bonds. The van der Waals surface area contributed by atoms with Gasteiger partial charge in [-0.25, -0.2) is 4.98 Å². The maximum Gasteiger partial charge on any atom is 0.256 e. The fourth-order valence-electron chi connectivity index (χ4n) is 4.59. The molecule has 0 unspecified atom stereocenters. The van der Waals surface area contributed by atoms with Crippen molar-refractivity contribution in [2.45, 2.75) is 26.1 Å². The third-order valence-electron chi connectivity index (χ3n) is 6.28. The molecule has 0 saturated carbocycles.